The molecule has 0 fully saturated rings. The Morgan fingerprint density at radius 2 is 2.19 bits per heavy atom. The van der Waals surface area contributed by atoms with Crippen LogP contribution in [-0.2, 0) is 12.7 Å². The molecule has 0 saturated heterocycles. The standard InChI is InChI=1S/C10H16F3N3/c1-3-14-4-8(2)6-16-7-9(5-15-16)10(11,12)13/h5,7-8,14H,3-4,6H2,1-2H3. The van der Waals surface area contributed by atoms with Crippen molar-refractivity contribution in [2.45, 2.75) is 26.6 Å². The first-order valence-electron chi connectivity index (χ1n) is 5.23. The highest BCUT2D eigenvalue weighted by atomic mass is 19.4. The van der Waals surface area contributed by atoms with Gasteiger partial charge in [-0.25, -0.2) is 0 Å². The Morgan fingerprint density at radius 3 is 2.69 bits per heavy atom. The Hall–Kier alpha value is -1.04. The molecule has 0 aliphatic heterocycles. The van der Waals surface area contributed by atoms with E-state index >= 15 is 0 Å². The lowest BCUT2D eigenvalue weighted by molar-refractivity contribution is -0.137. The van der Waals surface area contributed by atoms with Gasteiger partial charge in [-0.05, 0) is 19.0 Å². The third-order valence-corrected chi connectivity index (χ3v) is 2.20. The molecule has 0 saturated carbocycles. The van der Waals surface area contributed by atoms with E-state index in [1.807, 2.05) is 13.8 Å². The minimum absolute atomic E-state index is 0.251. The van der Waals surface area contributed by atoms with Crippen molar-refractivity contribution in [2.75, 3.05) is 13.1 Å². The van der Waals surface area contributed by atoms with Crippen LogP contribution >= 0.6 is 0 Å². The highest BCUT2D eigenvalue weighted by Gasteiger charge is 2.32. The van der Waals surface area contributed by atoms with Crippen LogP contribution < -0.4 is 5.32 Å². The summed E-state index contributed by atoms with van der Waals surface area (Å²) in [6.45, 7) is 6.08. The average molecular weight is 235 g/mol. The van der Waals surface area contributed by atoms with Crippen molar-refractivity contribution in [3.8, 4) is 0 Å². The Morgan fingerprint density at radius 1 is 1.50 bits per heavy atom. The first kappa shape index (κ1) is 13.0. The third-order valence-electron chi connectivity index (χ3n) is 2.20. The van der Waals surface area contributed by atoms with Gasteiger partial charge in [0.25, 0.3) is 0 Å². The summed E-state index contributed by atoms with van der Waals surface area (Å²) in [5.74, 6) is 0.251. The molecule has 1 unspecified atom stereocenters. The maximum atomic E-state index is 12.3. The normalized spacial score (nSPS) is 14.1. The molecule has 6 heteroatoms. The maximum Gasteiger partial charge on any atom is 0.419 e. The van der Waals surface area contributed by atoms with Gasteiger partial charge in [0.2, 0.25) is 0 Å². The fourth-order valence-electron chi connectivity index (χ4n) is 1.38. The summed E-state index contributed by atoms with van der Waals surface area (Å²) in [6, 6.07) is 0. The molecule has 92 valence electrons. The Balaban J connectivity index is 2.52. The maximum absolute atomic E-state index is 12.3. The first-order chi connectivity index (χ1) is 7.43. The minimum atomic E-state index is -4.30. The average Bonchev–Trinajstić information content (AvgIpc) is 2.62. The van der Waals surface area contributed by atoms with Crippen molar-refractivity contribution in [1.29, 1.82) is 0 Å². The number of alkyl halides is 3. The molecule has 0 amide bonds. The van der Waals surface area contributed by atoms with Gasteiger partial charge in [0, 0.05) is 12.7 Å². The van der Waals surface area contributed by atoms with E-state index in [0.717, 1.165) is 25.5 Å². The Kier molecular flexibility index (Phi) is 4.35. The van der Waals surface area contributed by atoms with Gasteiger partial charge in [-0.3, -0.25) is 4.68 Å². The van der Waals surface area contributed by atoms with Crippen LogP contribution in [0.1, 0.15) is 19.4 Å². The number of nitrogens with one attached hydrogen (secondary N) is 1. The lowest BCUT2D eigenvalue weighted by Crippen LogP contribution is -2.24. The molecule has 1 N–H and O–H groups in total. The second-order valence-corrected chi connectivity index (χ2v) is 3.86. The molecule has 16 heavy (non-hydrogen) atoms. The van der Waals surface area contributed by atoms with Crippen molar-refractivity contribution in [3.05, 3.63) is 18.0 Å². The summed E-state index contributed by atoms with van der Waals surface area (Å²) in [7, 11) is 0. The van der Waals surface area contributed by atoms with Gasteiger partial charge in [-0.15, -0.1) is 0 Å². The van der Waals surface area contributed by atoms with Crippen LogP contribution in [0.5, 0.6) is 0 Å². The van der Waals surface area contributed by atoms with Gasteiger partial charge in [0.1, 0.15) is 0 Å². The number of hydrogen-bond donors (Lipinski definition) is 1. The number of halogens is 3. The summed E-state index contributed by atoms with van der Waals surface area (Å²) >= 11 is 0. The van der Waals surface area contributed by atoms with Crippen LogP contribution in [0.15, 0.2) is 12.4 Å². The van der Waals surface area contributed by atoms with E-state index < -0.39 is 11.7 Å². The zero-order valence-corrected chi connectivity index (χ0v) is 9.38. The fourth-order valence-corrected chi connectivity index (χ4v) is 1.38. The summed E-state index contributed by atoms with van der Waals surface area (Å²) in [4.78, 5) is 0. The molecule has 0 aliphatic carbocycles. The smallest absolute Gasteiger partial charge is 0.317 e. The molecule has 0 spiro atoms. The van der Waals surface area contributed by atoms with Crippen molar-refractivity contribution >= 4 is 0 Å². The molecule has 0 bridgehead atoms. The van der Waals surface area contributed by atoms with E-state index in [9.17, 15) is 13.2 Å². The topological polar surface area (TPSA) is 29.9 Å². The molecule has 1 atom stereocenters. The molecular weight excluding hydrogens is 219 g/mol. The molecule has 0 aromatic carbocycles. The van der Waals surface area contributed by atoms with Crippen LogP contribution in [0.3, 0.4) is 0 Å². The SMILES string of the molecule is CCNCC(C)Cn1cc(C(F)(F)F)cn1. The zero-order chi connectivity index (χ0) is 12.2. The summed E-state index contributed by atoms with van der Waals surface area (Å²) in [5, 5.41) is 6.84. The van der Waals surface area contributed by atoms with E-state index in [1.165, 1.54) is 4.68 Å². The van der Waals surface area contributed by atoms with E-state index in [-0.39, 0.29) is 5.92 Å². The molecule has 1 heterocycles. The van der Waals surface area contributed by atoms with E-state index in [0.29, 0.717) is 6.54 Å². The number of hydrogen-bond acceptors (Lipinski definition) is 2. The second kappa shape index (κ2) is 5.34. The van der Waals surface area contributed by atoms with Crippen molar-refractivity contribution in [2.24, 2.45) is 5.92 Å². The van der Waals surface area contributed by atoms with Gasteiger partial charge >= 0.3 is 6.18 Å². The van der Waals surface area contributed by atoms with Crippen LogP contribution in [0.2, 0.25) is 0 Å². The summed E-state index contributed by atoms with van der Waals surface area (Å²) in [5.41, 5.74) is -0.692. The van der Waals surface area contributed by atoms with Crippen LogP contribution in [0.4, 0.5) is 13.2 Å². The highest BCUT2D eigenvalue weighted by molar-refractivity contribution is 5.08. The molecular formula is C10H16F3N3. The van der Waals surface area contributed by atoms with Crippen LogP contribution in [0.25, 0.3) is 0 Å². The van der Waals surface area contributed by atoms with Crippen molar-refractivity contribution in [1.82, 2.24) is 15.1 Å². The van der Waals surface area contributed by atoms with E-state index in [4.69, 9.17) is 0 Å². The summed E-state index contributed by atoms with van der Waals surface area (Å²) in [6.07, 6.45) is -2.40. The van der Waals surface area contributed by atoms with Crippen LogP contribution in [-0.4, -0.2) is 22.9 Å². The molecule has 1 rings (SSSR count). The largest absolute Gasteiger partial charge is 0.419 e. The predicted molar refractivity (Wildman–Crippen MR) is 54.9 cm³/mol. The second-order valence-electron chi connectivity index (χ2n) is 3.86. The fraction of sp³-hybridized carbons (Fsp3) is 0.700. The number of rotatable bonds is 5. The van der Waals surface area contributed by atoms with Gasteiger partial charge < -0.3 is 5.32 Å². The van der Waals surface area contributed by atoms with E-state index in [1.54, 1.807) is 0 Å². The third kappa shape index (κ3) is 3.84. The lowest BCUT2D eigenvalue weighted by Gasteiger charge is -2.11. The first-order valence-corrected chi connectivity index (χ1v) is 5.23. The quantitative estimate of drug-likeness (QED) is 0.847. The Labute approximate surface area is 92.6 Å². The van der Waals surface area contributed by atoms with Crippen molar-refractivity contribution < 1.29 is 13.2 Å². The molecule has 1 aromatic rings. The van der Waals surface area contributed by atoms with Gasteiger partial charge in [-0.1, -0.05) is 13.8 Å². The number of aromatic nitrogens is 2. The molecule has 0 radical (unpaired) electrons. The Bertz CT molecular complexity index is 319. The predicted octanol–water partition coefficient (Wildman–Crippen LogP) is 2.15. The monoisotopic (exact) mass is 235 g/mol. The molecule has 3 nitrogen and oxygen atoms in total. The minimum Gasteiger partial charge on any atom is -0.317 e. The van der Waals surface area contributed by atoms with Gasteiger partial charge in [-0.2, -0.15) is 18.3 Å². The van der Waals surface area contributed by atoms with E-state index in [2.05, 4.69) is 10.4 Å². The number of nitrogens with zero attached hydrogens (tertiary/aromatic N) is 2. The zero-order valence-electron chi connectivity index (χ0n) is 9.38. The van der Waals surface area contributed by atoms with Gasteiger partial charge in [0.05, 0.1) is 11.8 Å². The van der Waals surface area contributed by atoms with Crippen LogP contribution in [0, 0.1) is 5.92 Å². The lowest BCUT2D eigenvalue weighted by atomic mass is 10.2. The van der Waals surface area contributed by atoms with Gasteiger partial charge in [0.15, 0.2) is 0 Å². The molecule has 0 aliphatic rings. The summed E-state index contributed by atoms with van der Waals surface area (Å²) < 4.78 is 38.2. The molecule has 1 aromatic heterocycles. The highest BCUT2D eigenvalue weighted by Crippen LogP contribution is 2.28. The van der Waals surface area contributed by atoms with Crippen molar-refractivity contribution in [3.63, 3.8) is 0 Å².